The summed E-state index contributed by atoms with van der Waals surface area (Å²) in [7, 11) is 0. The van der Waals surface area contributed by atoms with E-state index in [1.807, 2.05) is 37.3 Å². The smallest absolute Gasteiger partial charge is 0.335 e. The van der Waals surface area contributed by atoms with Crippen LogP contribution in [0.3, 0.4) is 0 Å². The third-order valence-corrected chi connectivity index (χ3v) is 7.52. The van der Waals surface area contributed by atoms with Crippen molar-refractivity contribution in [3.8, 4) is 11.5 Å². The summed E-state index contributed by atoms with van der Waals surface area (Å²) in [5.74, 6) is -0.792. The topological polar surface area (TPSA) is 84.9 Å². The van der Waals surface area contributed by atoms with Crippen molar-refractivity contribution in [3.05, 3.63) is 128 Å². The largest absolute Gasteiger partial charge is 0.494 e. The molecule has 0 radical (unpaired) electrons. The molecule has 1 heterocycles. The highest BCUT2D eigenvalue weighted by Gasteiger charge is 2.37. The molecule has 1 aliphatic heterocycles. The second kappa shape index (κ2) is 13.0. The van der Waals surface area contributed by atoms with Gasteiger partial charge >= 0.3 is 6.03 Å². The molecule has 0 unspecified atom stereocenters. The van der Waals surface area contributed by atoms with Crippen molar-refractivity contribution in [2.24, 2.45) is 0 Å². The lowest BCUT2D eigenvalue weighted by Gasteiger charge is -2.26. The molecule has 0 aliphatic carbocycles. The van der Waals surface area contributed by atoms with Gasteiger partial charge < -0.3 is 9.47 Å². The van der Waals surface area contributed by atoms with Crippen LogP contribution in [0.4, 0.5) is 14.9 Å². The third kappa shape index (κ3) is 6.52. The van der Waals surface area contributed by atoms with Crippen molar-refractivity contribution in [2.75, 3.05) is 11.5 Å². The van der Waals surface area contributed by atoms with Crippen LogP contribution >= 0.6 is 22.6 Å². The zero-order valence-electron chi connectivity index (χ0n) is 22.6. The monoisotopic (exact) mass is 676 g/mol. The highest BCUT2D eigenvalue weighted by molar-refractivity contribution is 14.1. The molecule has 0 spiro atoms. The summed E-state index contributed by atoms with van der Waals surface area (Å²) in [6.07, 6.45) is 1.73. The zero-order valence-corrected chi connectivity index (χ0v) is 24.8. The number of amides is 4. The first-order valence-corrected chi connectivity index (χ1v) is 14.3. The van der Waals surface area contributed by atoms with E-state index >= 15 is 0 Å². The number of urea groups is 1. The molecule has 0 aromatic heterocycles. The Morgan fingerprint density at radius 1 is 0.905 bits per heavy atom. The van der Waals surface area contributed by atoms with Gasteiger partial charge in [-0.15, -0.1) is 0 Å². The van der Waals surface area contributed by atoms with Gasteiger partial charge in [0, 0.05) is 15.6 Å². The highest BCUT2D eigenvalue weighted by atomic mass is 127. The summed E-state index contributed by atoms with van der Waals surface area (Å²) < 4.78 is 26.8. The van der Waals surface area contributed by atoms with Gasteiger partial charge in [-0.1, -0.05) is 48.5 Å². The Hall–Kier alpha value is -4.51. The minimum atomic E-state index is -0.843. The van der Waals surface area contributed by atoms with E-state index in [9.17, 15) is 18.8 Å². The fourth-order valence-electron chi connectivity index (χ4n) is 4.49. The lowest BCUT2D eigenvalue weighted by Crippen LogP contribution is -2.54. The molecule has 212 valence electrons. The van der Waals surface area contributed by atoms with Gasteiger partial charge in [0.2, 0.25) is 0 Å². The summed E-state index contributed by atoms with van der Waals surface area (Å²) in [4.78, 5) is 39.8. The molecule has 4 aromatic carbocycles. The van der Waals surface area contributed by atoms with E-state index < -0.39 is 17.8 Å². The van der Waals surface area contributed by atoms with Crippen LogP contribution in [0.15, 0.2) is 96.6 Å². The number of hydrogen-bond donors (Lipinski definition) is 1. The van der Waals surface area contributed by atoms with Gasteiger partial charge in [0.25, 0.3) is 11.8 Å². The van der Waals surface area contributed by atoms with Crippen LogP contribution in [0.1, 0.15) is 29.2 Å². The average molecular weight is 676 g/mol. The van der Waals surface area contributed by atoms with Gasteiger partial charge in [0.05, 0.1) is 12.3 Å². The van der Waals surface area contributed by atoms with Gasteiger partial charge in [-0.05, 0) is 94.7 Å². The normalized spacial score (nSPS) is 14.2. The maximum absolute atomic E-state index is 14.4. The summed E-state index contributed by atoms with van der Waals surface area (Å²) in [5, 5.41) is 2.25. The second-order valence-electron chi connectivity index (χ2n) is 9.41. The molecule has 4 amide bonds. The molecule has 42 heavy (non-hydrogen) atoms. The molecule has 9 heteroatoms. The molecular weight excluding hydrogens is 650 g/mol. The van der Waals surface area contributed by atoms with E-state index in [4.69, 9.17) is 9.47 Å². The first-order valence-electron chi connectivity index (χ1n) is 13.2. The number of nitrogens with zero attached hydrogens (tertiary/aromatic N) is 1. The van der Waals surface area contributed by atoms with Crippen molar-refractivity contribution in [3.63, 3.8) is 0 Å². The number of hydrogen-bond acceptors (Lipinski definition) is 5. The van der Waals surface area contributed by atoms with Crippen LogP contribution in [-0.2, 0) is 22.6 Å². The second-order valence-corrected chi connectivity index (χ2v) is 10.6. The first kappa shape index (κ1) is 29.0. The number of ether oxygens (including phenoxy) is 2. The Morgan fingerprint density at radius 3 is 2.33 bits per heavy atom. The summed E-state index contributed by atoms with van der Waals surface area (Å²) in [5.41, 5.74) is 2.91. The lowest BCUT2D eigenvalue weighted by molar-refractivity contribution is -0.122. The highest BCUT2D eigenvalue weighted by Crippen LogP contribution is 2.31. The number of halogens is 2. The Morgan fingerprint density at radius 2 is 1.62 bits per heavy atom. The number of carbonyl (C=O) groups excluding carboxylic acids is 3. The number of barbiturate groups is 1. The minimum Gasteiger partial charge on any atom is -0.494 e. The van der Waals surface area contributed by atoms with Crippen LogP contribution in [0.5, 0.6) is 11.5 Å². The Balaban J connectivity index is 1.40. The number of imide groups is 2. The van der Waals surface area contributed by atoms with Crippen molar-refractivity contribution >= 4 is 52.2 Å². The van der Waals surface area contributed by atoms with Gasteiger partial charge in [-0.25, -0.2) is 14.1 Å². The molecule has 5 rings (SSSR count). The number of nitrogens with one attached hydrogen (secondary N) is 1. The van der Waals surface area contributed by atoms with Crippen molar-refractivity contribution < 1.29 is 28.2 Å². The van der Waals surface area contributed by atoms with Crippen LogP contribution in [-0.4, -0.2) is 24.5 Å². The Kier molecular flexibility index (Phi) is 8.97. The number of anilines is 1. The molecular formula is C33H26FIN2O5. The van der Waals surface area contributed by atoms with Crippen LogP contribution in [0, 0.1) is 9.39 Å². The van der Waals surface area contributed by atoms with Crippen LogP contribution in [0.2, 0.25) is 0 Å². The molecule has 1 fully saturated rings. The SMILES string of the molecule is CCOc1cc(/C=C2\C(=O)NC(=O)N(c3ccc(OCc4ccccc4)cc3)C2=O)cc(I)c1Cc1ccccc1F. The molecule has 4 aromatic rings. The maximum atomic E-state index is 14.4. The predicted molar refractivity (Wildman–Crippen MR) is 166 cm³/mol. The van der Waals surface area contributed by atoms with E-state index in [-0.39, 0.29) is 17.1 Å². The standard InChI is InChI=1S/C33H26FIN2O5/c1-2-41-30-18-22(17-29(35)26(30)19-23-10-6-7-11-28(23)34)16-27-31(38)36-33(40)37(32(27)39)24-12-14-25(15-13-24)42-20-21-8-4-3-5-9-21/h3-18H,2,19-20H2,1H3,(H,36,38,40)/b27-16+. The van der Waals surface area contributed by atoms with Crippen molar-refractivity contribution in [1.82, 2.24) is 5.32 Å². The van der Waals surface area contributed by atoms with Gasteiger partial charge in [-0.2, -0.15) is 0 Å². The molecule has 0 atom stereocenters. The fraction of sp³-hybridized carbons (Fsp3) is 0.121. The lowest BCUT2D eigenvalue weighted by atomic mass is 10.00. The molecule has 1 N–H and O–H groups in total. The number of benzene rings is 4. The quantitative estimate of drug-likeness (QED) is 0.122. The summed E-state index contributed by atoms with van der Waals surface area (Å²) in [6, 6.07) is 25.3. The number of carbonyl (C=O) groups is 3. The minimum absolute atomic E-state index is 0.209. The first-order chi connectivity index (χ1) is 20.3. The maximum Gasteiger partial charge on any atom is 0.335 e. The summed E-state index contributed by atoms with van der Waals surface area (Å²) in [6.45, 7) is 2.57. The average Bonchev–Trinajstić information content (AvgIpc) is 2.98. The van der Waals surface area contributed by atoms with E-state index in [1.54, 1.807) is 54.6 Å². The van der Waals surface area contributed by atoms with Crippen LogP contribution < -0.4 is 19.7 Å². The van der Waals surface area contributed by atoms with E-state index in [0.717, 1.165) is 19.6 Å². The molecule has 0 saturated carbocycles. The van der Waals surface area contributed by atoms with Gasteiger partial charge in [0.15, 0.2) is 0 Å². The Labute approximate surface area is 256 Å². The summed E-state index contributed by atoms with van der Waals surface area (Å²) >= 11 is 2.13. The number of rotatable bonds is 9. The molecule has 1 aliphatic rings. The van der Waals surface area contributed by atoms with E-state index in [1.165, 1.54) is 12.1 Å². The van der Waals surface area contributed by atoms with Gasteiger partial charge in [-0.3, -0.25) is 14.9 Å². The third-order valence-electron chi connectivity index (χ3n) is 6.56. The Bertz CT molecular complexity index is 1670. The molecule has 1 saturated heterocycles. The van der Waals surface area contributed by atoms with E-state index in [2.05, 4.69) is 27.9 Å². The molecule has 0 bridgehead atoms. The van der Waals surface area contributed by atoms with Crippen LogP contribution in [0.25, 0.3) is 6.08 Å². The van der Waals surface area contributed by atoms with E-state index in [0.29, 0.717) is 42.3 Å². The molecule has 7 nitrogen and oxygen atoms in total. The predicted octanol–water partition coefficient (Wildman–Crippen LogP) is 6.67. The van der Waals surface area contributed by atoms with Crippen molar-refractivity contribution in [1.29, 1.82) is 0 Å². The van der Waals surface area contributed by atoms with Gasteiger partial charge in [0.1, 0.15) is 29.5 Å². The van der Waals surface area contributed by atoms with Crippen molar-refractivity contribution in [2.45, 2.75) is 20.0 Å². The fourth-order valence-corrected chi connectivity index (χ4v) is 5.31. The zero-order chi connectivity index (χ0) is 29.6.